The van der Waals surface area contributed by atoms with E-state index < -0.39 is 0 Å². The number of carbonyl (C=O) groups is 1. The first-order chi connectivity index (χ1) is 11.8. The summed E-state index contributed by atoms with van der Waals surface area (Å²) in [4.78, 5) is 19.9. The topological polar surface area (TPSA) is 59.2 Å². The minimum atomic E-state index is 0.127. The van der Waals surface area contributed by atoms with E-state index in [1.54, 1.807) is 11.3 Å². The van der Waals surface area contributed by atoms with E-state index in [0.29, 0.717) is 24.7 Å². The Kier molecular flexibility index (Phi) is 4.13. The fourth-order valence-electron chi connectivity index (χ4n) is 2.97. The molecule has 0 N–H and O–H groups in total. The van der Waals surface area contributed by atoms with Crippen molar-refractivity contribution in [2.24, 2.45) is 0 Å². The van der Waals surface area contributed by atoms with Gasteiger partial charge in [-0.1, -0.05) is 41.6 Å². The average Bonchev–Trinajstić information content (AvgIpc) is 3.36. The lowest BCUT2D eigenvalue weighted by Crippen LogP contribution is -2.29. The van der Waals surface area contributed by atoms with Crippen LogP contribution in [0.4, 0.5) is 0 Å². The van der Waals surface area contributed by atoms with Gasteiger partial charge in [-0.15, -0.1) is 11.3 Å². The lowest BCUT2D eigenvalue weighted by Gasteiger charge is -2.15. The second kappa shape index (κ2) is 6.57. The Morgan fingerprint density at radius 1 is 1.25 bits per heavy atom. The Bertz CT molecular complexity index is 814. The number of benzene rings is 1. The highest BCUT2D eigenvalue weighted by Gasteiger charge is 2.31. The number of carbonyl (C=O) groups excluding carboxylic acids is 1. The molecule has 0 bridgehead atoms. The summed E-state index contributed by atoms with van der Waals surface area (Å²) in [5.41, 5.74) is 0.941. The zero-order valence-electron chi connectivity index (χ0n) is 13.1. The second-order valence-electron chi connectivity index (χ2n) is 5.90. The molecule has 2 aromatic heterocycles. The minimum absolute atomic E-state index is 0.127. The number of thiophene rings is 1. The van der Waals surface area contributed by atoms with Crippen LogP contribution in [0.25, 0.3) is 11.4 Å². The molecule has 1 aliphatic rings. The summed E-state index contributed by atoms with van der Waals surface area (Å²) in [6.07, 6.45) is 1.34. The molecule has 1 aromatic carbocycles. The molecule has 0 saturated carbocycles. The SMILES string of the molecule is O=C(Cc1cccs1)N1CCC(c2nc(-c3ccccc3)no2)C1. The van der Waals surface area contributed by atoms with Crippen molar-refractivity contribution in [3.63, 3.8) is 0 Å². The van der Waals surface area contributed by atoms with Crippen molar-refractivity contribution >= 4 is 17.2 Å². The third-order valence-corrected chi connectivity index (χ3v) is 5.15. The van der Waals surface area contributed by atoms with Gasteiger partial charge in [0, 0.05) is 23.5 Å². The molecule has 0 aliphatic carbocycles. The van der Waals surface area contributed by atoms with Crippen molar-refractivity contribution in [3.8, 4) is 11.4 Å². The van der Waals surface area contributed by atoms with Crippen LogP contribution in [0, 0.1) is 0 Å². The largest absolute Gasteiger partial charge is 0.342 e. The Morgan fingerprint density at radius 3 is 2.92 bits per heavy atom. The number of amides is 1. The van der Waals surface area contributed by atoms with Crippen LogP contribution in [0.2, 0.25) is 0 Å². The number of rotatable bonds is 4. The molecular weight excluding hydrogens is 322 g/mol. The molecule has 4 rings (SSSR count). The highest BCUT2D eigenvalue weighted by molar-refractivity contribution is 7.10. The molecule has 122 valence electrons. The Morgan fingerprint density at radius 2 is 2.12 bits per heavy atom. The van der Waals surface area contributed by atoms with Gasteiger partial charge in [0.15, 0.2) is 0 Å². The predicted molar refractivity (Wildman–Crippen MR) is 91.7 cm³/mol. The summed E-state index contributed by atoms with van der Waals surface area (Å²) in [5, 5.41) is 6.07. The van der Waals surface area contributed by atoms with Crippen molar-refractivity contribution in [1.82, 2.24) is 15.0 Å². The third kappa shape index (κ3) is 3.10. The first-order valence-corrected chi connectivity index (χ1v) is 8.87. The van der Waals surface area contributed by atoms with Gasteiger partial charge in [-0.2, -0.15) is 4.98 Å². The number of hydrogen-bond donors (Lipinski definition) is 0. The van der Waals surface area contributed by atoms with Crippen LogP contribution in [-0.4, -0.2) is 34.0 Å². The van der Waals surface area contributed by atoms with Gasteiger partial charge in [0.05, 0.1) is 12.3 Å². The minimum Gasteiger partial charge on any atom is -0.342 e. The molecule has 5 nitrogen and oxygen atoms in total. The van der Waals surface area contributed by atoms with Crippen LogP contribution >= 0.6 is 11.3 Å². The Labute approximate surface area is 143 Å². The van der Waals surface area contributed by atoms with Crippen LogP contribution < -0.4 is 0 Å². The molecule has 1 atom stereocenters. The highest BCUT2D eigenvalue weighted by atomic mass is 32.1. The molecule has 24 heavy (non-hydrogen) atoms. The maximum atomic E-state index is 12.4. The van der Waals surface area contributed by atoms with E-state index in [2.05, 4.69) is 10.1 Å². The van der Waals surface area contributed by atoms with Gasteiger partial charge in [-0.25, -0.2) is 0 Å². The number of hydrogen-bond acceptors (Lipinski definition) is 5. The molecule has 1 aliphatic heterocycles. The summed E-state index contributed by atoms with van der Waals surface area (Å²) < 4.78 is 5.44. The molecule has 1 fully saturated rings. The summed E-state index contributed by atoms with van der Waals surface area (Å²) in [6.45, 7) is 1.40. The van der Waals surface area contributed by atoms with Gasteiger partial charge in [0.2, 0.25) is 17.6 Å². The number of likely N-dealkylation sites (tertiary alicyclic amines) is 1. The molecule has 0 spiro atoms. The fourth-order valence-corrected chi connectivity index (χ4v) is 3.66. The summed E-state index contributed by atoms with van der Waals surface area (Å²) in [6, 6.07) is 13.8. The van der Waals surface area contributed by atoms with Crippen molar-refractivity contribution in [2.75, 3.05) is 13.1 Å². The smallest absolute Gasteiger partial charge is 0.231 e. The van der Waals surface area contributed by atoms with Crippen molar-refractivity contribution in [1.29, 1.82) is 0 Å². The van der Waals surface area contributed by atoms with Crippen LogP contribution in [0.3, 0.4) is 0 Å². The van der Waals surface area contributed by atoms with Gasteiger partial charge in [-0.05, 0) is 17.9 Å². The van der Waals surface area contributed by atoms with Gasteiger partial charge in [-0.3, -0.25) is 4.79 Å². The van der Waals surface area contributed by atoms with E-state index in [9.17, 15) is 4.79 Å². The van der Waals surface area contributed by atoms with Crippen LogP contribution in [-0.2, 0) is 11.2 Å². The van der Waals surface area contributed by atoms with E-state index in [1.807, 2.05) is 52.7 Å². The molecule has 1 unspecified atom stereocenters. The molecule has 1 saturated heterocycles. The number of nitrogens with zero attached hydrogens (tertiary/aromatic N) is 3. The predicted octanol–water partition coefficient (Wildman–Crippen LogP) is 3.36. The van der Waals surface area contributed by atoms with E-state index >= 15 is 0 Å². The van der Waals surface area contributed by atoms with Gasteiger partial charge < -0.3 is 9.42 Å². The van der Waals surface area contributed by atoms with Crippen molar-refractivity contribution in [2.45, 2.75) is 18.8 Å². The van der Waals surface area contributed by atoms with Gasteiger partial charge in [0.25, 0.3) is 0 Å². The first kappa shape index (κ1) is 15.1. The van der Waals surface area contributed by atoms with Gasteiger partial charge in [0.1, 0.15) is 0 Å². The lowest BCUT2D eigenvalue weighted by molar-refractivity contribution is -0.129. The highest BCUT2D eigenvalue weighted by Crippen LogP contribution is 2.28. The summed E-state index contributed by atoms with van der Waals surface area (Å²) >= 11 is 1.62. The molecule has 3 heterocycles. The lowest BCUT2D eigenvalue weighted by atomic mass is 10.1. The number of aromatic nitrogens is 2. The molecule has 0 radical (unpaired) electrons. The maximum absolute atomic E-state index is 12.4. The average molecular weight is 339 g/mol. The summed E-state index contributed by atoms with van der Waals surface area (Å²) in [7, 11) is 0. The van der Waals surface area contributed by atoms with Crippen LogP contribution in [0.15, 0.2) is 52.4 Å². The normalized spacial score (nSPS) is 17.3. The standard InChI is InChI=1S/C18H17N3O2S/c22-16(11-15-7-4-10-24-15)21-9-8-14(12-21)18-19-17(20-23-18)13-5-2-1-3-6-13/h1-7,10,14H,8-9,11-12H2. The van der Waals surface area contributed by atoms with E-state index in [0.717, 1.165) is 23.4 Å². The Hall–Kier alpha value is -2.47. The fraction of sp³-hybridized carbons (Fsp3) is 0.278. The quantitative estimate of drug-likeness (QED) is 0.731. The molecule has 1 amide bonds. The zero-order valence-corrected chi connectivity index (χ0v) is 13.9. The molecule has 6 heteroatoms. The molecular formula is C18H17N3O2S. The monoisotopic (exact) mass is 339 g/mol. The van der Waals surface area contributed by atoms with Crippen molar-refractivity contribution < 1.29 is 9.32 Å². The van der Waals surface area contributed by atoms with E-state index in [4.69, 9.17) is 4.52 Å². The Balaban J connectivity index is 1.42. The maximum Gasteiger partial charge on any atom is 0.231 e. The molecule has 3 aromatic rings. The zero-order chi connectivity index (χ0) is 16.4. The van der Waals surface area contributed by atoms with E-state index in [1.165, 1.54) is 0 Å². The van der Waals surface area contributed by atoms with Crippen LogP contribution in [0.5, 0.6) is 0 Å². The van der Waals surface area contributed by atoms with E-state index in [-0.39, 0.29) is 11.8 Å². The van der Waals surface area contributed by atoms with Crippen molar-refractivity contribution in [3.05, 3.63) is 58.6 Å². The second-order valence-corrected chi connectivity index (χ2v) is 6.94. The van der Waals surface area contributed by atoms with Gasteiger partial charge >= 0.3 is 0 Å². The summed E-state index contributed by atoms with van der Waals surface area (Å²) in [5.74, 6) is 1.53. The first-order valence-electron chi connectivity index (χ1n) is 7.99. The third-order valence-electron chi connectivity index (χ3n) is 4.27. The van der Waals surface area contributed by atoms with Crippen LogP contribution in [0.1, 0.15) is 23.1 Å².